The van der Waals surface area contributed by atoms with Gasteiger partial charge in [-0.3, -0.25) is 4.79 Å². The number of aromatic nitrogens is 2. The maximum Gasteiger partial charge on any atom is 0.256 e. The van der Waals surface area contributed by atoms with Crippen molar-refractivity contribution in [3.8, 4) is 0 Å². The first-order valence-corrected chi connectivity index (χ1v) is 9.68. The Morgan fingerprint density at radius 2 is 1.78 bits per heavy atom. The molecule has 1 unspecified atom stereocenters. The van der Waals surface area contributed by atoms with Crippen LogP contribution in [-0.2, 0) is 6.54 Å². The Balaban J connectivity index is 1.78. The van der Waals surface area contributed by atoms with Crippen molar-refractivity contribution in [1.82, 2.24) is 14.0 Å². The Hall–Kier alpha value is -2.75. The predicted octanol–water partition coefficient (Wildman–Crippen LogP) is 4.73. The zero-order valence-corrected chi connectivity index (χ0v) is 16.5. The van der Waals surface area contributed by atoms with E-state index in [4.69, 9.17) is 0 Å². The van der Waals surface area contributed by atoms with E-state index in [0.29, 0.717) is 12.6 Å². The molecule has 1 aliphatic heterocycles. The zero-order valence-electron chi connectivity index (χ0n) is 16.5. The van der Waals surface area contributed by atoms with Gasteiger partial charge in [0.15, 0.2) is 0 Å². The van der Waals surface area contributed by atoms with Gasteiger partial charge in [-0.15, -0.1) is 0 Å². The van der Waals surface area contributed by atoms with Crippen LogP contribution in [0, 0.1) is 13.8 Å². The Morgan fingerprint density at radius 3 is 2.44 bits per heavy atom. The number of hydrogen-bond acceptors (Lipinski definition) is 1. The summed E-state index contributed by atoms with van der Waals surface area (Å²) in [4.78, 5) is 15.7. The van der Waals surface area contributed by atoms with Gasteiger partial charge in [0.25, 0.3) is 5.91 Å². The molecule has 4 nitrogen and oxygen atoms in total. The molecule has 3 aromatic rings. The molecule has 1 amide bonds. The second kappa shape index (κ2) is 6.76. The van der Waals surface area contributed by atoms with E-state index in [1.165, 1.54) is 5.69 Å². The minimum Gasteiger partial charge on any atom is -0.348 e. The van der Waals surface area contributed by atoms with Crippen molar-refractivity contribution in [2.75, 3.05) is 6.54 Å². The molecule has 0 radical (unpaired) electrons. The summed E-state index contributed by atoms with van der Waals surface area (Å²) in [6.07, 6.45) is 2.11. The molecule has 0 fully saturated rings. The maximum atomic E-state index is 13.6. The van der Waals surface area contributed by atoms with E-state index in [9.17, 15) is 4.79 Å². The van der Waals surface area contributed by atoms with Crippen LogP contribution >= 0.6 is 0 Å². The summed E-state index contributed by atoms with van der Waals surface area (Å²) in [6, 6.07) is 16.9. The van der Waals surface area contributed by atoms with Crippen molar-refractivity contribution < 1.29 is 4.79 Å². The second-order valence-electron chi connectivity index (χ2n) is 7.69. The van der Waals surface area contributed by atoms with Crippen LogP contribution in [0.1, 0.15) is 58.9 Å². The van der Waals surface area contributed by atoms with Crippen molar-refractivity contribution in [3.05, 3.63) is 82.9 Å². The highest BCUT2D eigenvalue weighted by Crippen LogP contribution is 2.34. The highest BCUT2D eigenvalue weighted by Gasteiger charge is 2.34. The van der Waals surface area contributed by atoms with E-state index in [1.54, 1.807) is 0 Å². The fraction of sp³-hybridized carbons (Fsp3) is 0.348. The monoisotopic (exact) mass is 361 g/mol. The lowest BCUT2D eigenvalue weighted by Crippen LogP contribution is -2.42. The van der Waals surface area contributed by atoms with Crippen LogP contribution in [0.4, 0.5) is 0 Å². The van der Waals surface area contributed by atoms with E-state index < -0.39 is 0 Å². The summed E-state index contributed by atoms with van der Waals surface area (Å²) >= 11 is 0. The first-order valence-electron chi connectivity index (χ1n) is 9.68. The van der Waals surface area contributed by atoms with Gasteiger partial charge in [-0.25, -0.2) is 0 Å². The van der Waals surface area contributed by atoms with Crippen LogP contribution in [0.5, 0.6) is 0 Å². The Labute approximate surface area is 161 Å². The van der Waals surface area contributed by atoms with E-state index in [1.807, 2.05) is 29.2 Å². The van der Waals surface area contributed by atoms with E-state index in [0.717, 1.165) is 29.1 Å². The maximum absolute atomic E-state index is 13.6. The van der Waals surface area contributed by atoms with Gasteiger partial charge in [0.2, 0.25) is 0 Å². The molecule has 27 heavy (non-hydrogen) atoms. The number of carbonyl (C=O) groups is 1. The van der Waals surface area contributed by atoms with Gasteiger partial charge >= 0.3 is 0 Å². The van der Waals surface area contributed by atoms with Crippen molar-refractivity contribution in [2.45, 2.75) is 46.3 Å². The molecule has 4 rings (SSSR count). The van der Waals surface area contributed by atoms with Crippen LogP contribution in [0.2, 0.25) is 0 Å². The molecule has 1 aromatic carbocycles. The Bertz CT molecular complexity index is 965. The third kappa shape index (κ3) is 2.89. The number of carbonyl (C=O) groups excluding carboxylic acids is 1. The van der Waals surface area contributed by atoms with Crippen molar-refractivity contribution in [1.29, 1.82) is 0 Å². The molecular weight excluding hydrogens is 334 g/mol. The minimum atomic E-state index is -0.0513. The van der Waals surface area contributed by atoms with Gasteiger partial charge < -0.3 is 14.0 Å². The molecule has 0 N–H and O–H groups in total. The number of benzene rings is 1. The molecule has 1 aliphatic rings. The smallest absolute Gasteiger partial charge is 0.256 e. The highest BCUT2D eigenvalue weighted by atomic mass is 16.2. The van der Waals surface area contributed by atoms with Gasteiger partial charge in [0.1, 0.15) is 0 Å². The normalized spacial score (nSPS) is 16.6. The fourth-order valence-corrected chi connectivity index (χ4v) is 4.53. The number of amides is 1. The summed E-state index contributed by atoms with van der Waals surface area (Å²) in [5.74, 6) is 0.122. The molecule has 0 aliphatic carbocycles. The third-order valence-electron chi connectivity index (χ3n) is 5.65. The quantitative estimate of drug-likeness (QED) is 0.663. The fourth-order valence-electron chi connectivity index (χ4n) is 4.53. The molecule has 0 spiro atoms. The summed E-state index contributed by atoms with van der Waals surface area (Å²) in [7, 11) is 0. The van der Waals surface area contributed by atoms with Crippen LogP contribution in [0.25, 0.3) is 0 Å². The number of aryl methyl sites for hydroxylation is 1. The van der Waals surface area contributed by atoms with Crippen LogP contribution < -0.4 is 0 Å². The van der Waals surface area contributed by atoms with Gasteiger partial charge in [-0.2, -0.15) is 0 Å². The molecule has 0 bridgehead atoms. The second-order valence-corrected chi connectivity index (χ2v) is 7.69. The van der Waals surface area contributed by atoms with Gasteiger partial charge in [0.05, 0.1) is 11.6 Å². The molecule has 1 atom stereocenters. The first kappa shape index (κ1) is 17.7. The average Bonchev–Trinajstić information content (AvgIpc) is 3.24. The molecule has 4 heteroatoms. The molecular formula is C23H27N3O. The van der Waals surface area contributed by atoms with Crippen molar-refractivity contribution in [3.63, 3.8) is 0 Å². The van der Waals surface area contributed by atoms with E-state index in [-0.39, 0.29) is 11.9 Å². The van der Waals surface area contributed by atoms with Crippen LogP contribution in [0.3, 0.4) is 0 Å². The lowest BCUT2D eigenvalue weighted by molar-refractivity contribution is 0.0663. The Morgan fingerprint density at radius 1 is 1.04 bits per heavy atom. The SMILES string of the molecule is Cc1cc(C(=O)N2CCn3cccc3C2c2ccccc2)c(C)n1C(C)C. The van der Waals surface area contributed by atoms with Crippen molar-refractivity contribution >= 4 is 5.91 Å². The van der Waals surface area contributed by atoms with Crippen LogP contribution in [-0.4, -0.2) is 26.5 Å². The molecule has 0 saturated carbocycles. The average molecular weight is 361 g/mol. The largest absolute Gasteiger partial charge is 0.348 e. The predicted molar refractivity (Wildman–Crippen MR) is 108 cm³/mol. The third-order valence-corrected chi connectivity index (χ3v) is 5.65. The topological polar surface area (TPSA) is 30.2 Å². The summed E-state index contributed by atoms with van der Waals surface area (Å²) in [5, 5.41) is 0. The number of rotatable bonds is 3. The van der Waals surface area contributed by atoms with Gasteiger partial charge in [-0.05, 0) is 51.5 Å². The number of hydrogen-bond donors (Lipinski definition) is 0. The van der Waals surface area contributed by atoms with E-state index in [2.05, 4.69) is 67.3 Å². The van der Waals surface area contributed by atoms with Gasteiger partial charge in [0, 0.05) is 42.4 Å². The zero-order chi connectivity index (χ0) is 19.1. The molecule has 0 saturated heterocycles. The number of nitrogens with zero attached hydrogens (tertiary/aromatic N) is 3. The molecule has 2 aromatic heterocycles. The summed E-state index contributed by atoms with van der Waals surface area (Å²) in [5.41, 5.74) is 5.35. The molecule has 3 heterocycles. The number of fused-ring (bicyclic) bond motifs is 1. The lowest BCUT2D eigenvalue weighted by Gasteiger charge is -2.37. The molecule has 140 valence electrons. The van der Waals surface area contributed by atoms with Gasteiger partial charge in [-0.1, -0.05) is 30.3 Å². The van der Waals surface area contributed by atoms with Crippen molar-refractivity contribution in [2.24, 2.45) is 0 Å². The standard InChI is InChI=1S/C23H27N3O/c1-16(2)26-17(3)15-20(18(26)4)23(27)25-14-13-24-12-8-11-21(24)22(25)19-9-6-5-7-10-19/h5-12,15-16,22H,13-14H2,1-4H3. The summed E-state index contributed by atoms with van der Waals surface area (Å²) < 4.78 is 4.51. The summed E-state index contributed by atoms with van der Waals surface area (Å²) in [6.45, 7) is 10.0. The highest BCUT2D eigenvalue weighted by molar-refractivity contribution is 5.96. The van der Waals surface area contributed by atoms with E-state index >= 15 is 0 Å². The lowest BCUT2D eigenvalue weighted by atomic mass is 9.99. The first-order chi connectivity index (χ1) is 13.0. The Kier molecular flexibility index (Phi) is 4.42. The minimum absolute atomic E-state index is 0.0513. The van der Waals surface area contributed by atoms with Crippen LogP contribution in [0.15, 0.2) is 54.7 Å².